The fraction of sp³-hybridized carbons (Fsp3) is 0.833. The fourth-order valence-electron chi connectivity index (χ4n) is 1.90. The molecule has 0 saturated heterocycles. The summed E-state index contributed by atoms with van der Waals surface area (Å²) in [5, 5.41) is 0. The average molecular weight is 197 g/mol. The van der Waals surface area contributed by atoms with Gasteiger partial charge in [0, 0.05) is 13.5 Å². The number of hydrogen-bond acceptors (Lipinski definition) is 1. The summed E-state index contributed by atoms with van der Waals surface area (Å²) in [6.07, 6.45) is 7.77. The topological polar surface area (TPSA) is 3.24 Å². The van der Waals surface area contributed by atoms with Crippen molar-refractivity contribution in [3.8, 4) is 0 Å². The van der Waals surface area contributed by atoms with Gasteiger partial charge in [-0.05, 0) is 6.42 Å². The van der Waals surface area contributed by atoms with Gasteiger partial charge in [-0.2, -0.15) is 0 Å². The standard InChI is InChI=1S/C12H25N2/c1-5-6-7-8-9-13-10-12(2)14(3,4)11-13/h10H,5-9,11H2,1-4H3/q+1. The lowest BCUT2D eigenvalue weighted by molar-refractivity contribution is -0.853. The summed E-state index contributed by atoms with van der Waals surface area (Å²) in [6, 6.07) is 0. The lowest BCUT2D eigenvalue weighted by Crippen LogP contribution is -2.39. The summed E-state index contributed by atoms with van der Waals surface area (Å²) in [6.45, 7) is 6.88. The van der Waals surface area contributed by atoms with Crippen LogP contribution in [0.15, 0.2) is 11.9 Å². The van der Waals surface area contributed by atoms with E-state index < -0.39 is 0 Å². The molecule has 0 atom stereocenters. The Balaban J connectivity index is 2.23. The van der Waals surface area contributed by atoms with Crippen LogP contribution < -0.4 is 0 Å². The van der Waals surface area contributed by atoms with Gasteiger partial charge in [0.2, 0.25) is 0 Å². The maximum absolute atomic E-state index is 2.46. The molecule has 2 nitrogen and oxygen atoms in total. The van der Waals surface area contributed by atoms with Gasteiger partial charge in [0.25, 0.3) is 0 Å². The highest BCUT2D eigenvalue weighted by Crippen LogP contribution is 2.20. The van der Waals surface area contributed by atoms with Crippen molar-refractivity contribution in [3.05, 3.63) is 11.9 Å². The Kier molecular flexibility index (Phi) is 3.99. The summed E-state index contributed by atoms with van der Waals surface area (Å²) in [7, 11) is 4.55. The largest absolute Gasteiger partial charge is 0.326 e. The van der Waals surface area contributed by atoms with Crippen LogP contribution in [0.4, 0.5) is 0 Å². The minimum Gasteiger partial charge on any atom is -0.326 e. The molecule has 1 aliphatic heterocycles. The van der Waals surface area contributed by atoms with E-state index in [1.54, 1.807) is 0 Å². The van der Waals surface area contributed by atoms with Gasteiger partial charge in [-0.15, -0.1) is 0 Å². The molecule has 0 fully saturated rings. The molecule has 0 aliphatic carbocycles. The summed E-state index contributed by atoms with van der Waals surface area (Å²) < 4.78 is 1.04. The van der Waals surface area contributed by atoms with Crippen LogP contribution in [0, 0.1) is 0 Å². The molecule has 0 aromatic heterocycles. The SMILES string of the molecule is CCCCCCN1C=C(C)[N+](C)(C)C1. The maximum Gasteiger partial charge on any atom is 0.158 e. The molecule has 82 valence electrons. The first-order chi connectivity index (χ1) is 6.56. The zero-order chi connectivity index (χ0) is 10.6. The Hall–Kier alpha value is -0.500. The number of allylic oxidation sites excluding steroid dienone is 1. The van der Waals surface area contributed by atoms with Crippen LogP contribution in [-0.2, 0) is 0 Å². The smallest absolute Gasteiger partial charge is 0.158 e. The molecule has 0 bridgehead atoms. The molecule has 0 spiro atoms. The lowest BCUT2D eigenvalue weighted by atomic mass is 10.2. The molecule has 1 aliphatic rings. The van der Waals surface area contributed by atoms with E-state index in [0.29, 0.717) is 0 Å². The number of hydrogen-bond donors (Lipinski definition) is 0. The molecule has 0 saturated carbocycles. The minimum absolute atomic E-state index is 1.04. The molecule has 1 heterocycles. The Labute approximate surface area is 88.8 Å². The van der Waals surface area contributed by atoms with E-state index in [1.165, 1.54) is 37.9 Å². The second-order valence-corrected chi connectivity index (χ2v) is 4.97. The van der Waals surface area contributed by atoms with Crippen molar-refractivity contribution >= 4 is 0 Å². The summed E-state index contributed by atoms with van der Waals surface area (Å²) in [5.41, 5.74) is 1.47. The lowest BCUT2D eigenvalue weighted by Gasteiger charge is -2.26. The van der Waals surface area contributed by atoms with E-state index in [2.05, 4.69) is 39.0 Å². The molecule has 0 N–H and O–H groups in total. The fourth-order valence-corrected chi connectivity index (χ4v) is 1.90. The summed E-state index contributed by atoms with van der Waals surface area (Å²) >= 11 is 0. The highest BCUT2D eigenvalue weighted by molar-refractivity contribution is 4.93. The van der Waals surface area contributed by atoms with Crippen LogP contribution in [0.2, 0.25) is 0 Å². The molecule has 2 heteroatoms. The van der Waals surface area contributed by atoms with Gasteiger partial charge < -0.3 is 4.90 Å². The van der Waals surface area contributed by atoms with Crippen LogP contribution in [0.25, 0.3) is 0 Å². The highest BCUT2D eigenvalue weighted by atomic mass is 15.5. The van der Waals surface area contributed by atoms with E-state index in [9.17, 15) is 0 Å². The molecule has 0 aromatic carbocycles. The average Bonchev–Trinajstić information content (AvgIpc) is 2.35. The first-order valence-corrected chi connectivity index (χ1v) is 5.82. The number of unbranched alkanes of at least 4 members (excludes halogenated alkanes) is 3. The van der Waals surface area contributed by atoms with Crippen molar-refractivity contribution in [1.29, 1.82) is 0 Å². The van der Waals surface area contributed by atoms with Crippen molar-refractivity contribution in [2.45, 2.75) is 39.5 Å². The third-order valence-corrected chi connectivity index (χ3v) is 3.16. The molecular weight excluding hydrogens is 172 g/mol. The van der Waals surface area contributed by atoms with E-state index in [0.717, 1.165) is 11.2 Å². The quantitative estimate of drug-likeness (QED) is 0.484. The van der Waals surface area contributed by atoms with Crippen LogP contribution in [0.1, 0.15) is 39.5 Å². The van der Waals surface area contributed by atoms with Crippen molar-refractivity contribution in [2.75, 3.05) is 27.3 Å². The van der Waals surface area contributed by atoms with E-state index in [-0.39, 0.29) is 0 Å². The van der Waals surface area contributed by atoms with E-state index in [1.807, 2.05) is 0 Å². The zero-order valence-corrected chi connectivity index (χ0v) is 10.2. The van der Waals surface area contributed by atoms with E-state index in [4.69, 9.17) is 0 Å². The first-order valence-electron chi connectivity index (χ1n) is 5.82. The molecule has 0 radical (unpaired) electrons. The zero-order valence-electron chi connectivity index (χ0n) is 10.2. The third-order valence-electron chi connectivity index (χ3n) is 3.16. The van der Waals surface area contributed by atoms with Crippen LogP contribution in [0.5, 0.6) is 0 Å². The van der Waals surface area contributed by atoms with Gasteiger partial charge >= 0.3 is 0 Å². The van der Waals surface area contributed by atoms with Gasteiger partial charge in [-0.3, -0.25) is 4.48 Å². The van der Waals surface area contributed by atoms with Crippen molar-refractivity contribution in [3.63, 3.8) is 0 Å². The molecule has 0 unspecified atom stereocenters. The third kappa shape index (κ3) is 3.02. The number of quaternary nitrogens is 1. The first kappa shape index (κ1) is 11.6. The summed E-state index contributed by atoms with van der Waals surface area (Å²) in [5.74, 6) is 0. The molecule has 0 amide bonds. The normalized spacial score (nSPS) is 20.0. The monoisotopic (exact) mass is 197 g/mol. The maximum atomic E-state index is 2.46. The predicted octanol–water partition coefficient (Wildman–Crippen LogP) is 2.78. The summed E-state index contributed by atoms with van der Waals surface area (Å²) in [4.78, 5) is 2.46. The van der Waals surface area contributed by atoms with Gasteiger partial charge in [0.05, 0.1) is 20.3 Å². The van der Waals surface area contributed by atoms with Crippen molar-refractivity contribution in [1.82, 2.24) is 4.90 Å². The van der Waals surface area contributed by atoms with Gasteiger partial charge in [0.1, 0.15) is 5.70 Å². The van der Waals surface area contributed by atoms with Crippen molar-refractivity contribution in [2.24, 2.45) is 0 Å². The number of nitrogens with zero attached hydrogens (tertiary/aromatic N) is 2. The Morgan fingerprint density at radius 2 is 2.00 bits per heavy atom. The Morgan fingerprint density at radius 3 is 2.50 bits per heavy atom. The van der Waals surface area contributed by atoms with Gasteiger partial charge in [0.15, 0.2) is 6.67 Å². The van der Waals surface area contributed by atoms with Crippen LogP contribution in [-0.4, -0.2) is 36.7 Å². The van der Waals surface area contributed by atoms with Gasteiger partial charge in [-0.1, -0.05) is 26.2 Å². The van der Waals surface area contributed by atoms with Crippen molar-refractivity contribution < 1.29 is 4.48 Å². The molecule has 0 aromatic rings. The van der Waals surface area contributed by atoms with Crippen LogP contribution in [0.3, 0.4) is 0 Å². The van der Waals surface area contributed by atoms with E-state index >= 15 is 0 Å². The Bertz CT molecular complexity index is 206. The minimum atomic E-state index is 1.04. The molecular formula is C12H25N2+. The number of rotatable bonds is 5. The molecule has 14 heavy (non-hydrogen) atoms. The highest BCUT2D eigenvalue weighted by Gasteiger charge is 2.27. The van der Waals surface area contributed by atoms with Gasteiger partial charge in [-0.25, -0.2) is 0 Å². The molecule has 1 rings (SSSR count). The van der Waals surface area contributed by atoms with Crippen LogP contribution >= 0.6 is 0 Å². The Morgan fingerprint density at radius 1 is 1.29 bits per heavy atom. The predicted molar refractivity (Wildman–Crippen MR) is 61.6 cm³/mol. The second kappa shape index (κ2) is 4.83. The second-order valence-electron chi connectivity index (χ2n) is 4.97.